The molecule has 14 heavy (non-hydrogen) atoms. The van der Waals surface area contributed by atoms with Crippen molar-refractivity contribution in [3.63, 3.8) is 0 Å². The van der Waals surface area contributed by atoms with E-state index in [1.165, 1.54) is 6.07 Å². The summed E-state index contributed by atoms with van der Waals surface area (Å²) in [6.07, 6.45) is -4.24. The van der Waals surface area contributed by atoms with Crippen LogP contribution in [0.1, 0.15) is 29.7 Å². The number of fused-ring (bicyclic) bond motifs is 1. The lowest BCUT2D eigenvalue weighted by Crippen LogP contribution is -2.06. The van der Waals surface area contributed by atoms with Crippen LogP contribution < -0.4 is 5.32 Å². The second kappa shape index (κ2) is 2.98. The first-order chi connectivity index (χ1) is 6.48. The van der Waals surface area contributed by atoms with E-state index in [-0.39, 0.29) is 6.04 Å². The van der Waals surface area contributed by atoms with Gasteiger partial charge in [-0.25, -0.2) is 0 Å². The smallest absolute Gasteiger partial charge is 0.306 e. The molecule has 4 heteroatoms. The van der Waals surface area contributed by atoms with Crippen LogP contribution in [0.5, 0.6) is 0 Å². The third-order valence-electron chi connectivity index (χ3n) is 2.54. The molecule has 1 aromatic rings. The van der Waals surface area contributed by atoms with E-state index >= 15 is 0 Å². The maximum absolute atomic E-state index is 12.3. The summed E-state index contributed by atoms with van der Waals surface area (Å²) in [6.45, 7) is 2.47. The first kappa shape index (κ1) is 9.52. The van der Waals surface area contributed by atoms with Crippen molar-refractivity contribution in [2.24, 2.45) is 0 Å². The van der Waals surface area contributed by atoms with E-state index in [1.807, 2.05) is 6.92 Å². The fourth-order valence-electron chi connectivity index (χ4n) is 1.73. The third-order valence-corrected chi connectivity index (χ3v) is 2.54. The van der Waals surface area contributed by atoms with Gasteiger partial charge in [-0.05, 0) is 30.2 Å². The van der Waals surface area contributed by atoms with Crippen LogP contribution in [0.15, 0.2) is 18.2 Å². The number of hydrogen-bond donors (Lipinski definition) is 1. The van der Waals surface area contributed by atoms with E-state index in [4.69, 9.17) is 0 Å². The summed E-state index contributed by atoms with van der Waals surface area (Å²) in [5.41, 5.74) is 1.16. The summed E-state index contributed by atoms with van der Waals surface area (Å²) >= 11 is 0. The van der Waals surface area contributed by atoms with Gasteiger partial charge in [0, 0.05) is 12.6 Å². The lowest BCUT2D eigenvalue weighted by atomic mass is 10.0. The Hall–Kier alpha value is -1.03. The van der Waals surface area contributed by atoms with Crippen molar-refractivity contribution in [1.82, 2.24) is 5.32 Å². The number of rotatable bonds is 0. The van der Waals surface area contributed by atoms with Gasteiger partial charge in [-0.15, -0.1) is 0 Å². The number of hydrogen-bond acceptors (Lipinski definition) is 1. The summed E-state index contributed by atoms with van der Waals surface area (Å²) in [5, 5.41) is 3.10. The Morgan fingerprint density at radius 1 is 1.36 bits per heavy atom. The molecule has 0 fully saturated rings. The van der Waals surface area contributed by atoms with Crippen molar-refractivity contribution >= 4 is 0 Å². The fraction of sp³-hybridized carbons (Fsp3) is 0.400. The minimum absolute atomic E-state index is 0.160. The summed E-state index contributed by atoms with van der Waals surface area (Å²) in [4.78, 5) is 0. The van der Waals surface area contributed by atoms with E-state index in [0.717, 1.165) is 17.2 Å². The average Bonchev–Trinajstić information content (AvgIpc) is 2.46. The number of alkyl halides is 3. The summed E-state index contributed by atoms with van der Waals surface area (Å²) in [6, 6.07) is 4.09. The fourth-order valence-corrected chi connectivity index (χ4v) is 1.73. The second-order valence-electron chi connectivity index (χ2n) is 3.51. The molecular weight excluding hydrogens is 191 g/mol. The van der Waals surface area contributed by atoms with Gasteiger partial charge in [0.15, 0.2) is 0 Å². The van der Waals surface area contributed by atoms with Crippen LogP contribution in [-0.2, 0) is 12.7 Å². The Labute approximate surface area is 79.9 Å². The SMILES string of the molecule is CC1NCc2cc(C(F)(F)F)ccc21. The monoisotopic (exact) mass is 201 g/mol. The lowest BCUT2D eigenvalue weighted by Gasteiger charge is -2.09. The standard InChI is InChI=1S/C10H10F3N/c1-6-9-3-2-8(10(11,12)13)4-7(9)5-14-6/h2-4,6,14H,5H2,1H3. The molecular formula is C10H10F3N. The Kier molecular flexibility index (Phi) is 2.03. The first-order valence-corrected chi connectivity index (χ1v) is 4.42. The van der Waals surface area contributed by atoms with Crippen LogP contribution in [0.4, 0.5) is 13.2 Å². The first-order valence-electron chi connectivity index (χ1n) is 4.42. The van der Waals surface area contributed by atoms with E-state index in [0.29, 0.717) is 6.54 Å². The molecule has 1 unspecified atom stereocenters. The molecule has 1 aliphatic rings. The molecule has 0 amide bonds. The van der Waals surface area contributed by atoms with Gasteiger partial charge in [0.25, 0.3) is 0 Å². The molecule has 0 aromatic heterocycles. The van der Waals surface area contributed by atoms with E-state index in [9.17, 15) is 13.2 Å². The molecule has 76 valence electrons. The Balaban J connectivity index is 2.42. The van der Waals surface area contributed by atoms with Crippen LogP contribution >= 0.6 is 0 Å². The van der Waals surface area contributed by atoms with Gasteiger partial charge in [-0.2, -0.15) is 13.2 Å². The van der Waals surface area contributed by atoms with Crippen molar-refractivity contribution in [1.29, 1.82) is 0 Å². The molecule has 1 nitrogen and oxygen atoms in total. The zero-order valence-corrected chi connectivity index (χ0v) is 7.65. The summed E-state index contributed by atoms with van der Waals surface area (Å²) in [5.74, 6) is 0. The normalized spacial score (nSPS) is 21.0. The third kappa shape index (κ3) is 1.50. The topological polar surface area (TPSA) is 12.0 Å². The second-order valence-corrected chi connectivity index (χ2v) is 3.51. The van der Waals surface area contributed by atoms with E-state index in [2.05, 4.69) is 5.32 Å². The predicted octanol–water partition coefficient (Wildman–Crippen LogP) is 2.87. The maximum atomic E-state index is 12.3. The summed E-state index contributed by atoms with van der Waals surface area (Å²) < 4.78 is 37.0. The van der Waals surface area contributed by atoms with Gasteiger partial charge in [0.05, 0.1) is 5.56 Å². The quantitative estimate of drug-likeness (QED) is 0.680. The van der Waals surface area contributed by atoms with Gasteiger partial charge in [-0.3, -0.25) is 0 Å². The minimum atomic E-state index is -4.24. The molecule has 2 rings (SSSR count). The largest absolute Gasteiger partial charge is 0.416 e. The van der Waals surface area contributed by atoms with Gasteiger partial charge in [-0.1, -0.05) is 6.07 Å². The maximum Gasteiger partial charge on any atom is 0.416 e. The van der Waals surface area contributed by atoms with E-state index in [1.54, 1.807) is 6.07 Å². The molecule has 1 atom stereocenters. The van der Waals surface area contributed by atoms with Crippen LogP contribution in [0, 0.1) is 0 Å². The molecule has 0 bridgehead atoms. The zero-order valence-electron chi connectivity index (χ0n) is 7.65. The van der Waals surface area contributed by atoms with Gasteiger partial charge in [0.1, 0.15) is 0 Å². The molecule has 0 aliphatic carbocycles. The minimum Gasteiger partial charge on any atom is -0.306 e. The van der Waals surface area contributed by atoms with Gasteiger partial charge >= 0.3 is 6.18 Å². The number of benzene rings is 1. The van der Waals surface area contributed by atoms with Crippen molar-refractivity contribution in [2.45, 2.75) is 25.7 Å². The molecule has 0 saturated carbocycles. The molecule has 1 heterocycles. The predicted molar refractivity (Wildman–Crippen MR) is 46.7 cm³/mol. The summed E-state index contributed by atoms with van der Waals surface area (Å²) in [7, 11) is 0. The van der Waals surface area contributed by atoms with Crippen LogP contribution in [0.25, 0.3) is 0 Å². The van der Waals surface area contributed by atoms with Crippen LogP contribution in [0.3, 0.4) is 0 Å². The molecule has 1 aliphatic heterocycles. The highest BCUT2D eigenvalue weighted by Gasteiger charge is 2.32. The Morgan fingerprint density at radius 3 is 2.71 bits per heavy atom. The average molecular weight is 201 g/mol. The lowest BCUT2D eigenvalue weighted by molar-refractivity contribution is -0.137. The molecule has 0 saturated heterocycles. The van der Waals surface area contributed by atoms with Gasteiger partial charge in [0.2, 0.25) is 0 Å². The zero-order chi connectivity index (χ0) is 10.3. The Bertz CT molecular complexity index is 357. The van der Waals surface area contributed by atoms with Crippen LogP contribution in [-0.4, -0.2) is 0 Å². The number of nitrogens with one attached hydrogen (secondary N) is 1. The molecule has 1 aromatic carbocycles. The van der Waals surface area contributed by atoms with Crippen molar-refractivity contribution < 1.29 is 13.2 Å². The van der Waals surface area contributed by atoms with Crippen molar-refractivity contribution in [3.05, 3.63) is 34.9 Å². The number of halogens is 3. The molecule has 1 N–H and O–H groups in total. The van der Waals surface area contributed by atoms with Crippen molar-refractivity contribution in [3.8, 4) is 0 Å². The Morgan fingerprint density at radius 2 is 2.07 bits per heavy atom. The highest BCUT2D eigenvalue weighted by Crippen LogP contribution is 2.33. The van der Waals surface area contributed by atoms with Crippen molar-refractivity contribution in [2.75, 3.05) is 0 Å². The highest BCUT2D eigenvalue weighted by atomic mass is 19.4. The molecule has 0 radical (unpaired) electrons. The molecule has 0 spiro atoms. The van der Waals surface area contributed by atoms with Crippen LogP contribution in [0.2, 0.25) is 0 Å². The van der Waals surface area contributed by atoms with E-state index < -0.39 is 11.7 Å². The van der Waals surface area contributed by atoms with Gasteiger partial charge < -0.3 is 5.32 Å². The highest BCUT2D eigenvalue weighted by molar-refractivity contribution is 5.37.